The number of hydrogen-bond acceptors (Lipinski definition) is 2. The average molecular weight is 281 g/mol. The topological polar surface area (TPSA) is 21.3 Å². The van der Waals surface area contributed by atoms with Gasteiger partial charge in [-0.15, -0.1) is 0 Å². The van der Waals surface area contributed by atoms with E-state index in [1.54, 1.807) is 0 Å². The summed E-state index contributed by atoms with van der Waals surface area (Å²) in [4.78, 5) is 0. The molecule has 2 nitrogen and oxygen atoms in total. The Labute approximate surface area is 122 Å². The fraction of sp³-hybridized carbons (Fsp3) is 0.647. The molecule has 1 N–H and O–H groups in total. The summed E-state index contributed by atoms with van der Waals surface area (Å²) in [5.74, 6) is 0.410. The second kappa shape index (κ2) is 7.63. The van der Waals surface area contributed by atoms with Crippen molar-refractivity contribution in [1.82, 2.24) is 5.32 Å². The summed E-state index contributed by atoms with van der Waals surface area (Å²) in [6.07, 6.45) is 2.02. The highest BCUT2D eigenvalue weighted by atomic mass is 19.1. The SMILES string of the molecule is CCCNC(C)c1ccc(F)cc1OCCC(C)(C)C. The van der Waals surface area contributed by atoms with Crippen molar-refractivity contribution in [2.45, 2.75) is 53.5 Å². The predicted molar refractivity (Wildman–Crippen MR) is 82.7 cm³/mol. The molecule has 3 heteroatoms. The molecule has 1 atom stereocenters. The van der Waals surface area contributed by atoms with Gasteiger partial charge in [-0.25, -0.2) is 4.39 Å². The van der Waals surface area contributed by atoms with Crippen LogP contribution < -0.4 is 10.1 Å². The third kappa shape index (κ3) is 5.91. The second-order valence-corrected chi connectivity index (χ2v) is 6.52. The third-order valence-corrected chi connectivity index (χ3v) is 3.25. The maximum Gasteiger partial charge on any atom is 0.126 e. The number of ether oxygens (including phenoxy) is 1. The van der Waals surface area contributed by atoms with Crippen LogP contribution in [0.25, 0.3) is 0 Å². The molecule has 1 unspecified atom stereocenters. The summed E-state index contributed by atoms with van der Waals surface area (Å²) in [7, 11) is 0. The van der Waals surface area contributed by atoms with Gasteiger partial charge in [-0.1, -0.05) is 33.8 Å². The van der Waals surface area contributed by atoms with Crippen molar-refractivity contribution in [1.29, 1.82) is 0 Å². The number of nitrogens with one attached hydrogen (secondary N) is 1. The van der Waals surface area contributed by atoms with Gasteiger partial charge in [-0.3, -0.25) is 0 Å². The molecule has 114 valence electrons. The van der Waals surface area contributed by atoms with Crippen LogP contribution in [0.3, 0.4) is 0 Å². The third-order valence-electron chi connectivity index (χ3n) is 3.25. The maximum atomic E-state index is 13.4. The number of benzene rings is 1. The fourth-order valence-corrected chi connectivity index (χ4v) is 1.93. The molecule has 1 rings (SSSR count). The average Bonchev–Trinajstić information content (AvgIpc) is 2.34. The Bertz CT molecular complexity index is 412. The van der Waals surface area contributed by atoms with Gasteiger partial charge in [0.25, 0.3) is 0 Å². The van der Waals surface area contributed by atoms with Crippen LogP contribution in [0.4, 0.5) is 4.39 Å². The van der Waals surface area contributed by atoms with E-state index in [-0.39, 0.29) is 17.3 Å². The number of hydrogen-bond donors (Lipinski definition) is 1. The fourth-order valence-electron chi connectivity index (χ4n) is 1.93. The molecule has 1 aromatic rings. The molecule has 0 amide bonds. The molecule has 0 bridgehead atoms. The Kier molecular flexibility index (Phi) is 6.47. The summed E-state index contributed by atoms with van der Waals surface area (Å²) in [5, 5.41) is 3.41. The Balaban J connectivity index is 2.74. The first-order valence-corrected chi connectivity index (χ1v) is 7.49. The second-order valence-electron chi connectivity index (χ2n) is 6.52. The summed E-state index contributed by atoms with van der Waals surface area (Å²) in [6, 6.07) is 4.97. The highest BCUT2D eigenvalue weighted by Gasteiger charge is 2.14. The largest absolute Gasteiger partial charge is 0.493 e. The van der Waals surface area contributed by atoms with Crippen molar-refractivity contribution in [3.05, 3.63) is 29.6 Å². The van der Waals surface area contributed by atoms with Crippen LogP contribution in [0.15, 0.2) is 18.2 Å². The van der Waals surface area contributed by atoms with Crippen LogP contribution in [-0.4, -0.2) is 13.2 Å². The maximum absolute atomic E-state index is 13.4. The molecule has 0 saturated heterocycles. The Morgan fingerprint density at radius 2 is 2.00 bits per heavy atom. The normalized spacial score (nSPS) is 13.3. The quantitative estimate of drug-likeness (QED) is 0.782. The summed E-state index contributed by atoms with van der Waals surface area (Å²) in [6.45, 7) is 12.3. The van der Waals surface area contributed by atoms with Crippen LogP contribution in [0.1, 0.15) is 59.1 Å². The monoisotopic (exact) mass is 281 g/mol. The van der Waals surface area contributed by atoms with Gasteiger partial charge in [0.05, 0.1) is 6.61 Å². The molecular formula is C17H28FNO. The van der Waals surface area contributed by atoms with E-state index in [0.29, 0.717) is 12.4 Å². The first-order valence-electron chi connectivity index (χ1n) is 7.49. The molecule has 0 aliphatic carbocycles. The van der Waals surface area contributed by atoms with Gasteiger partial charge in [0.1, 0.15) is 11.6 Å². The van der Waals surface area contributed by atoms with Gasteiger partial charge >= 0.3 is 0 Å². The van der Waals surface area contributed by atoms with E-state index in [1.165, 1.54) is 12.1 Å². The Morgan fingerprint density at radius 1 is 1.30 bits per heavy atom. The van der Waals surface area contributed by atoms with Crippen LogP contribution >= 0.6 is 0 Å². The van der Waals surface area contributed by atoms with Crippen LogP contribution in [0, 0.1) is 11.2 Å². The molecule has 0 aliphatic rings. The minimum absolute atomic E-state index is 0.167. The first-order chi connectivity index (χ1) is 9.33. The number of halogens is 1. The summed E-state index contributed by atoms with van der Waals surface area (Å²) >= 11 is 0. The molecular weight excluding hydrogens is 253 g/mol. The van der Waals surface area contributed by atoms with Crippen LogP contribution in [0.5, 0.6) is 5.75 Å². The van der Waals surface area contributed by atoms with Crippen molar-refractivity contribution in [3.63, 3.8) is 0 Å². The van der Waals surface area contributed by atoms with Crippen molar-refractivity contribution in [2.24, 2.45) is 5.41 Å². The Morgan fingerprint density at radius 3 is 2.60 bits per heavy atom. The highest BCUT2D eigenvalue weighted by Crippen LogP contribution is 2.27. The van der Waals surface area contributed by atoms with E-state index in [4.69, 9.17) is 4.74 Å². The summed E-state index contributed by atoms with van der Waals surface area (Å²) < 4.78 is 19.2. The smallest absolute Gasteiger partial charge is 0.126 e. The molecule has 0 spiro atoms. The first kappa shape index (κ1) is 17.0. The lowest BCUT2D eigenvalue weighted by atomic mass is 9.93. The van der Waals surface area contributed by atoms with Crippen LogP contribution in [-0.2, 0) is 0 Å². The van der Waals surface area contributed by atoms with Crippen LogP contribution in [0.2, 0.25) is 0 Å². The number of rotatable bonds is 7. The lowest BCUT2D eigenvalue weighted by Gasteiger charge is -2.21. The molecule has 0 heterocycles. The predicted octanol–water partition coefficient (Wildman–Crippen LogP) is 4.70. The summed E-state index contributed by atoms with van der Waals surface area (Å²) in [5.41, 5.74) is 1.24. The zero-order valence-corrected chi connectivity index (χ0v) is 13.4. The van der Waals surface area contributed by atoms with Crippen molar-refractivity contribution >= 4 is 0 Å². The standard InChI is InChI=1S/C17H28FNO/c1-6-10-19-13(2)15-8-7-14(18)12-16(15)20-11-9-17(3,4)5/h7-8,12-13,19H,6,9-11H2,1-5H3. The zero-order chi connectivity index (χ0) is 15.2. The Hall–Kier alpha value is -1.09. The van der Waals surface area contributed by atoms with Gasteiger partial charge in [-0.05, 0) is 37.8 Å². The van der Waals surface area contributed by atoms with Gasteiger partial charge in [0.2, 0.25) is 0 Å². The molecule has 0 aliphatic heterocycles. The van der Waals surface area contributed by atoms with Crippen molar-refractivity contribution in [2.75, 3.05) is 13.2 Å². The lowest BCUT2D eigenvalue weighted by Crippen LogP contribution is -2.20. The van der Waals surface area contributed by atoms with E-state index < -0.39 is 0 Å². The van der Waals surface area contributed by atoms with Gasteiger partial charge in [0, 0.05) is 17.7 Å². The minimum Gasteiger partial charge on any atom is -0.493 e. The van der Waals surface area contributed by atoms with Gasteiger partial charge < -0.3 is 10.1 Å². The zero-order valence-electron chi connectivity index (χ0n) is 13.4. The molecule has 0 aromatic heterocycles. The van der Waals surface area contributed by atoms with Crippen molar-refractivity contribution in [3.8, 4) is 5.75 Å². The van der Waals surface area contributed by atoms with E-state index in [2.05, 4.69) is 39.9 Å². The molecule has 1 aromatic carbocycles. The molecule has 0 fully saturated rings. The lowest BCUT2D eigenvalue weighted by molar-refractivity contribution is 0.239. The van der Waals surface area contributed by atoms with E-state index >= 15 is 0 Å². The highest BCUT2D eigenvalue weighted by molar-refractivity contribution is 5.36. The molecule has 20 heavy (non-hydrogen) atoms. The van der Waals surface area contributed by atoms with Gasteiger partial charge in [0.15, 0.2) is 0 Å². The molecule has 0 radical (unpaired) electrons. The minimum atomic E-state index is -0.248. The van der Waals surface area contributed by atoms with E-state index in [1.807, 2.05) is 6.07 Å². The van der Waals surface area contributed by atoms with Crippen molar-refractivity contribution < 1.29 is 9.13 Å². The van der Waals surface area contributed by atoms with E-state index in [9.17, 15) is 4.39 Å². The van der Waals surface area contributed by atoms with E-state index in [0.717, 1.165) is 24.9 Å². The molecule has 0 saturated carbocycles. The van der Waals surface area contributed by atoms with Gasteiger partial charge in [-0.2, -0.15) is 0 Å².